The SMILES string of the molecule is C[N+]1=C(/C=C/C=C/C=C2\N(CCCCCC(=O)NCc3cn(-c4cccc(C(=O)NC(CCCCN)C(=O)COc5c(F)cc(CNC(=O)C6CCN(S(=O)(=O)c7ccccc7-c7c8ccc(=[N+]9CCc%10cc(S(=O)(=O)O)ccc%109)cc-8oc8cc(N9CCC%10=C9C=CC(S(=O)(=O)O)C%10)ccc78)CC6)cc5F)c4)nn3)c3ccc(S(=O)(=O)O)cc3C2(C)C)C(C)(C)c2cc(S(=O)(=O)O)ccc21. The van der Waals surface area contributed by atoms with Crippen molar-refractivity contribution < 1.29 is 102 Å². The summed E-state index contributed by atoms with van der Waals surface area (Å²) in [6.07, 6.45) is 18.5. The number of nitrogens with one attached hydrogen (secondary N) is 3. The fourth-order valence-electron chi connectivity index (χ4n) is 19.0. The number of carbonyl (C=O) groups excluding carboxylic acids is 4. The minimum absolute atomic E-state index is 0.0116. The number of allylic oxidation sites excluding steroid dienone is 7. The Balaban J connectivity index is 0.513. The highest BCUT2D eigenvalue weighted by Gasteiger charge is 2.45. The molecule has 6 aliphatic heterocycles. The van der Waals surface area contributed by atoms with Crippen LogP contribution >= 0.6 is 0 Å². The zero-order valence-corrected chi connectivity index (χ0v) is 79.0. The highest BCUT2D eigenvalue weighted by Crippen LogP contribution is 2.50. The Morgan fingerprint density at radius 3 is 2.13 bits per heavy atom. The van der Waals surface area contributed by atoms with Crippen LogP contribution in [0.5, 0.6) is 5.75 Å². The van der Waals surface area contributed by atoms with Crippen molar-refractivity contribution in [2.75, 3.05) is 62.7 Å². The molecule has 16 rings (SSSR count). The minimum atomic E-state index is -4.52. The number of carbonyl (C=O) groups is 4. The van der Waals surface area contributed by atoms with Gasteiger partial charge in [0.1, 0.15) is 35.9 Å². The largest absolute Gasteiger partial charge is 0.480 e. The first kappa shape index (κ1) is 96.7. The lowest BCUT2D eigenvalue weighted by Crippen LogP contribution is -2.43. The maximum atomic E-state index is 16.0. The van der Waals surface area contributed by atoms with Crippen LogP contribution in [0.25, 0.3) is 39.1 Å². The van der Waals surface area contributed by atoms with E-state index in [1.807, 2.05) is 116 Å². The first-order chi connectivity index (χ1) is 64.5. The van der Waals surface area contributed by atoms with E-state index in [4.69, 9.17) is 14.9 Å². The molecule has 8 aliphatic rings. The summed E-state index contributed by atoms with van der Waals surface area (Å²) in [5.41, 5.74) is 15.7. The lowest BCUT2D eigenvalue weighted by molar-refractivity contribution is -0.401. The standard InChI is InChI=1S/C97H100F2N12O20S5/c1-96(2)76-54-71(135(124,125)126)29-35-83(76)106(5)89(96)22-8-6-9-23-90-97(3,4)77-55-72(136(127,128)129)30-36-84(77)110(90)42-15-7-10-24-91(113)101-57-65-58-111(105-104-65)68-18-16-17-64(49-68)95(115)103-80(20-13-14-41-100)85(112)59-130-93-78(98)47-60(48-79(93)99)56-102-94(114)61-37-43-107(44-38-61)132(116,117)88-21-12-11-19-75(88)92-73-31-25-66(108-45-39-62-50-69(133(118,119)120)27-33-81(62)108)52-86(73)131-87-53-67(26-32-74(87)92)109-46-40-63-51-70(134(121,122)123)28-34-82(63)109/h6,8-9,11-12,16-19,21-23,25-36,47-50,52-55,58,61,70,80H,7,10,13-15,20,24,37-46,51,56-57,59,100H2,1-5H3,(H5-2,101,102,103,113,114,115,118,119,120,121,122,123,124,125,126,127,128,129)/p+2. The summed E-state index contributed by atoms with van der Waals surface area (Å²) in [4.78, 5) is 58.5. The van der Waals surface area contributed by atoms with Gasteiger partial charge in [-0.05, 0) is 204 Å². The highest BCUT2D eigenvalue weighted by atomic mass is 32.2. The van der Waals surface area contributed by atoms with E-state index in [0.29, 0.717) is 137 Å². The number of anilines is 2. The molecule has 39 heteroatoms. The molecular weight excluding hydrogens is 1850 g/mol. The van der Waals surface area contributed by atoms with Crippen LogP contribution in [0.15, 0.2) is 241 Å². The Bertz CT molecular complexity index is 7380. The lowest BCUT2D eigenvalue weighted by Gasteiger charge is -2.31. The molecule has 136 heavy (non-hydrogen) atoms. The van der Waals surface area contributed by atoms with E-state index >= 15 is 17.2 Å². The molecule has 0 radical (unpaired) electrons. The molecule has 0 saturated carbocycles. The number of unbranched alkanes of at least 4 members (excludes halogenated alkanes) is 3. The van der Waals surface area contributed by atoms with Gasteiger partial charge in [0.05, 0.1) is 55.5 Å². The number of piperidine rings is 1. The molecule has 2 aliphatic carbocycles. The Morgan fingerprint density at radius 2 is 1.40 bits per heavy atom. The molecule has 0 spiro atoms. The number of aromatic nitrogens is 3. The second-order valence-corrected chi connectivity index (χ2v) is 43.4. The molecule has 3 amide bonds. The monoisotopic (exact) mass is 1950 g/mol. The molecule has 1 fully saturated rings. The van der Waals surface area contributed by atoms with Gasteiger partial charge in [0.25, 0.3) is 46.4 Å². The molecule has 2 atom stereocenters. The van der Waals surface area contributed by atoms with Crippen LogP contribution in [0.3, 0.4) is 0 Å². The summed E-state index contributed by atoms with van der Waals surface area (Å²) in [6.45, 7) is 8.29. The Kier molecular flexibility index (Phi) is 27.5. The molecular formula is C97H102F2N12O20S5+2. The van der Waals surface area contributed by atoms with Crippen LogP contribution in [-0.2, 0) is 95.2 Å². The van der Waals surface area contributed by atoms with Crippen molar-refractivity contribution in [3.05, 3.63) is 268 Å². The molecule has 1 saturated heterocycles. The number of ketones is 1. The van der Waals surface area contributed by atoms with E-state index in [1.165, 1.54) is 69.7 Å². The zero-order valence-electron chi connectivity index (χ0n) is 74.9. The molecule has 7 heterocycles. The first-order valence-electron chi connectivity index (χ1n) is 44.4. The van der Waals surface area contributed by atoms with Crippen LogP contribution in [0.2, 0.25) is 0 Å². The average Bonchev–Trinajstić information content (AvgIpc) is 1.42. The van der Waals surface area contributed by atoms with Crippen molar-refractivity contribution in [1.29, 1.82) is 0 Å². The van der Waals surface area contributed by atoms with E-state index in [9.17, 15) is 71.1 Å². The third kappa shape index (κ3) is 20.2. The molecule has 8 aromatic rings. The number of nitrogens with two attached hydrogens (primary N) is 1. The average molecular weight is 1950 g/mol. The van der Waals surface area contributed by atoms with Crippen molar-refractivity contribution in [2.24, 2.45) is 11.7 Å². The van der Waals surface area contributed by atoms with Gasteiger partial charge in [0.15, 0.2) is 35.4 Å². The molecule has 7 aromatic carbocycles. The van der Waals surface area contributed by atoms with E-state index in [2.05, 4.69) is 31.2 Å². The van der Waals surface area contributed by atoms with Gasteiger partial charge in [0, 0.05) is 149 Å². The summed E-state index contributed by atoms with van der Waals surface area (Å²) in [5.74, 6) is -5.67. The smallest absolute Gasteiger partial charge is 0.294 e. The Hall–Kier alpha value is -12.4. The van der Waals surface area contributed by atoms with Gasteiger partial charge in [-0.2, -0.15) is 47.1 Å². The molecule has 9 N–H and O–H groups in total. The first-order valence-corrected chi connectivity index (χ1v) is 51.7. The number of Topliss-reactive ketones (excluding diaryl/α,β-unsaturated/α-hetero) is 1. The van der Waals surface area contributed by atoms with Crippen molar-refractivity contribution in [3.63, 3.8) is 0 Å². The van der Waals surface area contributed by atoms with Crippen molar-refractivity contribution in [3.8, 4) is 33.9 Å². The summed E-state index contributed by atoms with van der Waals surface area (Å²) in [7, 11) is -20.2. The number of halogens is 2. The molecule has 32 nitrogen and oxygen atoms in total. The van der Waals surface area contributed by atoms with E-state index in [-0.39, 0.29) is 101 Å². The normalized spacial score (nSPS) is 17.8. The topological polar surface area (TPSA) is 451 Å². The summed E-state index contributed by atoms with van der Waals surface area (Å²) >= 11 is 0. The predicted molar refractivity (Wildman–Crippen MR) is 505 cm³/mol. The number of ether oxygens (including phenoxy) is 1. The van der Waals surface area contributed by atoms with Crippen molar-refractivity contribution >= 4 is 113 Å². The number of benzene rings is 8. The fourth-order valence-corrected chi connectivity index (χ4v) is 22.9. The van der Waals surface area contributed by atoms with Crippen molar-refractivity contribution in [2.45, 2.75) is 160 Å². The second kappa shape index (κ2) is 38.6. The number of sulfonamides is 1. The van der Waals surface area contributed by atoms with E-state index < -0.39 is 120 Å². The summed E-state index contributed by atoms with van der Waals surface area (Å²) in [5, 5.41) is 16.9. The number of fused-ring (bicyclic) bond motifs is 5. The van der Waals surface area contributed by atoms with Gasteiger partial charge in [-0.25, -0.2) is 21.9 Å². The van der Waals surface area contributed by atoms with Crippen molar-refractivity contribution in [1.82, 2.24) is 39.8 Å². The van der Waals surface area contributed by atoms with Crippen LogP contribution in [0.4, 0.5) is 31.5 Å². The van der Waals surface area contributed by atoms with E-state index in [0.717, 1.165) is 51.7 Å². The van der Waals surface area contributed by atoms with E-state index in [1.54, 1.807) is 60.8 Å². The fraction of sp³-hybridized carbons (Fsp3) is 0.320. The van der Waals surface area contributed by atoms with Gasteiger partial charge in [-0.1, -0.05) is 74.1 Å². The third-order valence-corrected chi connectivity index (χ3v) is 31.7. The van der Waals surface area contributed by atoms with Crippen LogP contribution < -0.4 is 46.2 Å². The summed E-state index contributed by atoms with van der Waals surface area (Å²) < 4.78 is 218. The maximum absolute atomic E-state index is 16.0. The number of amides is 3. The Morgan fingerprint density at radius 1 is 0.691 bits per heavy atom. The summed E-state index contributed by atoms with van der Waals surface area (Å²) in [6, 6.07) is 38.0. The second-order valence-electron chi connectivity index (χ2n) is 35.6. The quantitative estimate of drug-likeness (QED) is 0.00622. The number of rotatable bonds is 33. The van der Waals surface area contributed by atoms with Gasteiger partial charge >= 0.3 is 0 Å². The molecule has 2 unspecified atom stereocenters. The maximum Gasteiger partial charge on any atom is 0.294 e. The molecule has 1 aromatic heterocycles. The number of nitrogens with zero attached hydrogens (tertiary/aromatic N) is 8. The predicted octanol–water partition coefficient (Wildman–Crippen LogP) is 12.4. The van der Waals surface area contributed by atoms with Crippen LogP contribution in [0.1, 0.15) is 137 Å². The zero-order chi connectivity index (χ0) is 96.9. The third-order valence-electron chi connectivity index (χ3n) is 26.1. The molecule has 0 bridgehead atoms. The molecule has 712 valence electrons. The number of hydrogen-bond donors (Lipinski definition) is 8. The van der Waals surface area contributed by atoms with Gasteiger partial charge in [0.2, 0.25) is 38.6 Å². The van der Waals surface area contributed by atoms with Crippen LogP contribution in [0, 0.1) is 17.6 Å². The highest BCUT2D eigenvalue weighted by molar-refractivity contribution is 7.89. The van der Waals surface area contributed by atoms with Gasteiger partial charge in [-0.3, -0.25) is 37.4 Å². The van der Waals surface area contributed by atoms with Gasteiger partial charge in [-0.15, -0.1) is 5.10 Å². The van der Waals surface area contributed by atoms with Crippen LogP contribution in [-0.4, -0.2) is 178 Å². The lowest BCUT2D eigenvalue weighted by atomic mass is 9.81. The minimum Gasteiger partial charge on any atom is -0.480 e. The Labute approximate surface area is 785 Å². The van der Waals surface area contributed by atoms with Gasteiger partial charge < -0.3 is 40.6 Å². The number of hydrogen-bond acceptors (Lipinski definition) is 21.